The van der Waals surface area contributed by atoms with Crippen LogP contribution in [0.15, 0.2) is 22.3 Å². The molecule has 70 valence electrons. The number of allylic oxidation sites excluding steroid dienone is 1. The van der Waals surface area contributed by atoms with E-state index in [4.69, 9.17) is 4.74 Å². The van der Waals surface area contributed by atoms with Gasteiger partial charge in [-0.2, -0.15) is 0 Å². The molecule has 0 saturated heterocycles. The Morgan fingerprint density at radius 2 is 2.33 bits per heavy atom. The van der Waals surface area contributed by atoms with Crippen molar-refractivity contribution in [3.05, 3.63) is 22.3 Å². The molecule has 12 heavy (non-hydrogen) atoms. The summed E-state index contributed by atoms with van der Waals surface area (Å²) in [5, 5.41) is 0. The van der Waals surface area contributed by atoms with Crippen molar-refractivity contribution in [3.8, 4) is 0 Å². The molecule has 0 radical (unpaired) electrons. The molecule has 0 aliphatic heterocycles. The quantitative estimate of drug-likeness (QED) is 0.532. The van der Waals surface area contributed by atoms with Crippen molar-refractivity contribution in [2.75, 3.05) is 7.11 Å². The lowest BCUT2D eigenvalue weighted by atomic mass is 10.1. The first kappa shape index (κ1) is 12.2. The molecule has 0 aromatic heterocycles. The maximum atomic E-state index is 5.28. The minimum atomic E-state index is 0.341. The summed E-state index contributed by atoms with van der Waals surface area (Å²) in [7, 11) is 1.76. The first-order valence-corrected chi connectivity index (χ1v) is 5.38. The molecular formula is C10H17IO. The molecule has 0 aromatic carbocycles. The third kappa shape index (κ3) is 5.77. The highest BCUT2D eigenvalue weighted by Crippen LogP contribution is 2.12. The van der Waals surface area contributed by atoms with Crippen molar-refractivity contribution in [1.82, 2.24) is 0 Å². The highest BCUT2D eigenvalue weighted by molar-refractivity contribution is 14.1. The molecule has 0 amide bonds. The smallest absolute Gasteiger partial charge is 0.0608 e. The van der Waals surface area contributed by atoms with Gasteiger partial charge in [-0.25, -0.2) is 0 Å². The Hall–Kier alpha value is 0.170. The molecule has 0 heterocycles. The second-order valence-electron chi connectivity index (χ2n) is 2.88. The molecule has 2 heteroatoms. The zero-order valence-corrected chi connectivity index (χ0v) is 10.0. The van der Waals surface area contributed by atoms with Crippen molar-refractivity contribution >= 4 is 22.6 Å². The first-order chi connectivity index (χ1) is 5.74. The topological polar surface area (TPSA) is 9.23 Å². The summed E-state index contributed by atoms with van der Waals surface area (Å²) in [5.41, 5.74) is 1.42. The SMILES string of the molecule is C=CC[C@@H](CC/C(C)=C/I)OC. The van der Waals surface area contributed by atoms with Gasteiger partial charge in [0, 0.05) is 7.11 Å². The molecule has 0 rings (SSSR count). The summed E-state index contributed by atoms with van der Waals surface area (Å²) in [5.74, 6) is 0. The van der Waals surface area contributed by atoms with Crippen LogP contribution in [0.4, 0.5) is 0 Å². The summed E-state index contributed by atoms with van der Waals surface area (Å²) < 4.78 is 7.41. The van der Waals surface area contributed by atoms with Crippen LogP contribution in [0, 0.1) is 0 Å². The molecule has 1 atom stereocenters. The van der Waals surface area contributed by atoms with E-state index in [1.54, 1.807) is 7.11 Å². The van der Waals surface area contributed by atoms with Gasteiger partial charge in [-0.15, -0.1) is 6.58 Å². The summed E-state index contributed by atoms with van der Waals surface area (Å²) >= 11 is 2.27. The molecule has 0 aromatic rings. The Bertz CT molecular complexity index is 152. The molecule has 0 saturated carbocycles. The fraction of sp³-hybridized carbons (Fsp3) is 0.600. The van der Waals surface area contributed by atoms with E-state index in [0.717, 1.165) is 19.3 Å². The van der Waals surface area contributed by atoms with Crippen molar-refractivity contribution in [3.63, 3.8) is 0 Å². The fourth-order valence-electron chi connectivity index (χ4n) is 0.961. The molecule has 0 aliphatic rings. The van der Waals surface area contributed by atoms with Crippen LogP contribution >= 0.6 is 22.6 Å². The molecular weight excluding hydrogens is 263 g/mol. The minimum absolute atomic E-state index is 0.341. The van der Waals surface area contributed by atoms with Crippen LogP contribution in [0.5, 0.6) is 0 Å². The highest BCUT2D eigenvalue weighted by Gasteiger charge is 2.04. The Morgan fingerprint density at radius 3 is 2.75 bits per heavy atom. The summed E-state index contributed by atoms with van der Waals surface area (Å²) in [6, 6.07) is 0. The first-order valence-electron chi connectivity index (χ1n) is 4.14. The van der Waals surface area contributed by atoms with Crippen molar-refractivity contribution in [2.45, 2.75) is 32.3 Å². The molecule has 1 nitrogen and oxygen atoms in total. The Balaban J connectivity index is 3.64. The normalized spacial score (nSPS) is 14.4. The van der Waals surface area contributed by atoms with Crippen LogP contribution in [0.1, 0.15) is 26.2 Å². The van der Waals surface area contributed by atoms with Crippen LogP contribution in [0.25, 0.3) is 0 Å². The van der Waals surface area contributed by atoms with E-state index in [0.29, 0.717) is 6.10 Å². The number of methoxy groups -OCH3 is 1. The summed E-state index contributed by atoms with van der Waals surface area (Å²) in [4.78, 5) is 0. The lowest BCUT2D eigenvalue weighted by molar-refractivity contribution is 0.0981. The van der Waals surface area contributed by atoms with Gasteiger partial charge in [0.05, 0.1) is 6.10 Å². The van der Waals surface area contributed by atoms with Crippen LogP contribution < -0.4 is 0 Å². The Morgan fingerprint density at radius 1 is 1.67 bits per heavy atom. The maximum absolute atomic E-state index is 5.28. The zero-order chi connectivity index (χ0) is 9.40. The van der Waals surface area contributed by atoms with Gasteiger partial charge in [0.15, 0.2) is 0 Å². The number of rotatable bonds is 6. The minimum Gasteiger partial charge on any atom is -0.381 e. The van der Waals surface area contributed by atoms with Gasteiger partial charge in [0.25, 0.3) is 0 Å². The lowest BCUT2D eigenvalue weighted by Crippen LogP contribution is -2.08. The van der Waals surface area contributed by atoms with Gasteiger partial charge in [-0.05, 0) is 30.3 Å². The third-order valence-corrected chi connectivity index (χ3v) is 2.87. The van der Waals surface area contributed by atoms with Crippen LogP contribution in [-0.4, -0.2) is 13.2 Å². The molecule has 0 N–H and O–H groups in total. The van der Waals surface area contributed by atoms with E-state index < -0.39 is 0 Å². The molecule has 0 fully saturated rings. The van der Waals surface area contributed by atoms with Crippen molar-refractivity contribution in [1.29, 1.82) is 0 Å². The van der Waals surface area contributed by atoms with Gasteiger partial charge in [-0.3, -0.25) is 0 Å². The number of hydrogen-bond donors (Lipinski definition) is 0. The standard InChI is InChI=1S/C10H17IO/c1-4-5-10(12-3)7-6-9(2)8-11/h4,8,10H,1,5-7H2,2-3H3/b9-8+/t10-/m0/s1. The summed E-state index contributed by atoms with van der Waals surface area (Å²) in [6.07, 6.45) is 5.42. The predicted molar refractivity (Wildman–Crippen MR) is 62.6 cm³/mol. The maximum Gasteiger partial charge on any atom is 0.0608 e. The van der Waals surface area contributed by atoms with E-state index in [1.807, 2.05) is 6.08 Å². The van der Waals surface area contributed by atoms with Crippen LogP contribution in [-0.2, 0) is 4.74 Å². The number of hydrogen-bond acceptors (Lipinski definition) is 1. The summed E-state index contributed by atoms with van der Waals surface area (Å²) in [6.45, 7) is 5.85. The largest absolute Gasteiger partial charge is 0.381 e. The van der Waals surface area contributed by atoms with E-state index in [9.17, 15) is 0 Å². The average molecular weight is 280 g/mol. The lowest BCUT2D eigenvalue weighted by Gasteiger charge is -2.12. The fourth-order valence-corrected chi connectivity index (χ4v) is 1.27. The predicted octanol–water partition coefficient (Wildman–Crippen LogP) is 3.70. The Kier molecular flexibility index (Phi) is 7.91. The van der Waals surface area contributed by atoms with E-state index in [2.05, 4.69) is 40.2 Å². The Labute approximate surface area is 89.0 Å². The van der Waals surface area contributed by atoms with E-state index in [-0.39, 0.29) is 0 Å². The van der Waals surface area contributed by atoms with Gasteiger partial charge in [0.2, 0.25) is 0 Å². The molecule has 0 spiro atoms. The van der Waals surface area contributed by atoms with Gasteiger partial charge in [-0.1, -0.05) is 34.2 Å². The number of halogens is 1. The second kappa shape index (κ2) is 7.80. The molecule has 0 aliphatic carbocycles. The van der Waals surface area contributed by atoms with E-state index in [1.165, 1.54) is 5.57 Å². The molecule has 0 bridgehead atoms. The second-order valence-corrected chi connectivity index (χ2v) is 3.50. The molecule has 0 unspecified atom stereocenters. The highest BCUT2D eigenvalue weighted by atomic mass is 127. The van der Waals surface area contributed by atoms with Gasteiger partial charge in [0.1, 0.15) is 0 Å². The van der Waals surface area contributed by atoms with Crippen molar-refractivity contribution in [2.24, 2.45) is 0 Å². The third-order valence-electron chi connectivity index (χ3n) is 1.81. The van der Waals surface area contributed by atoms with E-state index >= 15 is 0 Å². The monoisotopic (exact) mass is 280 g/mol. The average Bonchev–Trinajstić information content (AvgIpc) is 2.11. The zero-order valence-electron chi connectivity index (χ0n) is 7.85. The van der Waals surface area contributed by atoms with Gasteiger partial charge < -0.3 is 4.74 Å². The van der Waals surface area contributed by atoms with Crippen molar-refractivity contribution < 1.29 is 4.74 Å². The van der Waals surface area contributed by atoms with Crippen LogP contribution in [0.3, 0.4) is 0 Å². The number of ether oxygens (including phenoxy) is 1. The van der Waals surface area contributed by atoms with Crippen LogP contribution in [0.2, 0.25) is 0 Å². The van der Waals surface area contributed by atoms with Gasteiger partial charge >= 0.3 is 0 Å².